The van der Waals surface area contributed by atoms with Crippen LogP contribution < -0.4 is 0 Å². The van der Waals surface area contributed by atoms with Gasteiger partial charge in [0.25, 0.3) is 5.90 Å². The predicted molar refractivity (Wildman–Crippen MR) is 117 cm³/mol. The summed E-state index contributed by atoms with van der Waals surface area (Å²) >= 11 is 0. The third-order valence-electron chi connectivity index (χ3n) is 4.13. The maximum absolute atomic E-state index is 12.6. The van der Waals surface area contributed by atoms with Crippen molar-refractivity contribution >= 4 is 29.3 Å². The zero-order chi connectivity index (χ0) is 22.1. The number of benzene rings is 2. The molecule has 0 fully saturated rings. The van der Waals surface area contributed by atoms with Crippen LogP contribution in [-0.4, -0.2) is 36.8 Å². The number of esters is 2. The lowest BCUT2D eigenvalue weighted by Crippen LogP contribution is -2.20. The molecule has 1 aliphatic heterocycles. The molecule has 1 aliphatic rings. The molecule has 0 N–H and O–H groups in total. The van der Waals surface area contributed by atoms with E-state index in [4.69, 9.17) is 14.2 Å². The van der Waals surface area contributed by atoms with Crippen LogP contribution in [0.1, 0.15) is 25.0 Å². The average molecular weight is 418 g/mol. The standard InChI is InChI=1S/C24H22N2O5/c1-3-29-22(27)15-19(24(28)30-4-2)23-26-25-20(17-11-7-5-8-12-17)16-21(31-23)18-13-9-6-10-14-18/h5-16H,3-4H2,1-2H3/b19-15-. The number of hydrogen-bond acceptors (Lipinski definition) is 7. The first kappa shape index (κ1) is 21.7. The zero-order valence-electron chi connectivity index (χ0n) is 17.3. The van der Waals surface area contributed by atoms with Crippen molar-refractivity contribution in [2.45, 2.75) is 13.8 Å². The maximum atomic E-state index is 12.6. The van der Waals surface area contributed by atoms with Gasteiger partial charge in [0.1, 0.15) is 11.3 Å². The van der Waals surface area contributed by atoms with Crippen LogP contribution >= 0.6 is 0 Å². The van der Waals surface area contributed by atoms with E-state index in [1.165, 1.54) is 0 Å². The minimum atomic E-state index is -0.764. The lowest BCUT2D eigenvalue weighted by Gasteiger charge is -2.12. The Morgan fingerprint density at radius 3 is 2.10 bits per heavy atom. The van der Waals surface area contributed by atoms with Gasteiger partial charge in [0.2, 0.25) is 0 Å². The van der Waals surface area contributed by atoms with E-state index in [1.54, 1.807) is 19.9 Å². The zero-order valence-corrected chi connectivity index (χ0v) is 17.3. The van der Waals surface area contributed by atoms with Crippen LogP contribution in [0.3, 0.4) is 0 Å². The second-order valence-electron chi connectivity index (χ2n) is 6.26. The molecule has 0 spiro atoms. The van der Waals surface area contributed by atoms with Gasteiger partial charge in [-0.05, 0) is 13.8 Å². The number of carbonyl (C=O) groups excluding carboxylic acids is 2. The Hall–Kier alpha value is -4.00. The van der Waals surface area contributed by atoms with Gasteiger partial charge in [-0.2, -0.15) is 0 Å². The van der Waals surface area contributed by atoms with Crippen molar-refractivity contribution < 1.29 is 23.8 Å². The van der Waals surface area contributed by atoms with E-state index in [1.807, 2.05) is 60.7 Å². The van der Waals surface area contributed by atoms with Crippen molar-refractivity contribution in [2.24, 2.45) is 10.2 Å². The Labute approximate surface area is 180 Å². The molecule has 0 radical (unpaired) electrons. The van der Waals surface area contributed by atoms with Gasteiger partial charge in [0.05, 0.1) is 18.9 Å². The summed E-state index contributed by atoms with van der Waals surface area (Å²) in [6.45, 7) is 3.61. The fraction of sp³-hybridized carbons (Fsp3) is 0.167. The van der Waals surface area contributed by atoms with Crippen LogP contribution in [0.25, 0.3) is 5.76 Å². The van der Waals surface area contributed by atoms with Crippen molar-refractivity contribution in [1.29, 1.82) is 0 Å². The summed E-state index contributed by atoms with van der Waals surface area (Å²) in [4.78, 5) is 24.6. The Balaban J connectivity index is 2.10. The highest BCUT2D eigenvalue weighted by atomic mass is 16.5. The van der Waals surface area contributed by atoms with Crippen molar-refractivity contribution in [3.05, 3.63) is 89.5 Å². The number of hydrogen-bond donors (Lipinski definition) is 0. The van der Waals surface area contributed by atoms with Crippen LogP contribution in [0.2, 0.25) is 0 Å². The molecule has 158 valence electrons. The second-order valence-corrected chi connectivity index (χ2v) is 6.26. The molecule has 0 unspecified atom stereocenters. The third-order valence-corrected chi connectivity index (χ3v) is 4.13. The van der Waals surface area contributed by atoms with Gasteiger partial charge in [-0.25, -0.2) is 9.59 Å². The largest absolute Gasteiger partial charge is 0.463 e. The summed E-state index contributed by atoms with van der Waals surface area (Å²) in [5, 5.41) is 8.40. The van der Waals surface area contributed by atoms with E-state index in [9.17, 15) is 9.59 Å². The normalized spacial score (nSPS) is 13.7. The fourth-order valence-corrected chi connectivity index (χ4v) is 2.73. The SMILES string of the molecule is CCOC(=O)/C=C(\C(=O)OCC)C1=NN=C(c2ccccc2)C=C(c2ccccc2)O1. The molecule has 0 aliphatic carbocycles. The minimum absolute atomic E-state index is 0.117. The maximum Gasteiger partial charge on any atom is 0.343 e. The van der Waals surface area contributed by atoms with Crippen LogP contribution in [0.15, 0.2) is 88.6 Å². The first-order valence-corrected chi connectivity index (χ1v) is 9.84. The van der Waals surface area contributed by atoms with Gasteiger partial charge < -0.3 is 14.2 Å². The van der Waals surface area contributed by atoms with E-state index in [0.29, 0.717) is 11.5 Å². The summed E-state index contributed by atoms with van der Waals surface area (Å²) in [7, 11) is 0. The highest BCUT2D eigenvalue weighted by Crippen LogP contribution is 2.23. The fourth-order valence-electron chi connectivity index (χ4n) is 2.73. The molecule has 0 amide bonds. The van der Waals surface area contributed by atoms with Gasteiger partial charge >= 0.3 is 11.9 Å². The van der Waals surface area contributed by atoms with Crippen LogP contribution in [0, 0.1) is 0 Å². The van der Waals surface area contributed by atoms with Gasteiger partial charge in [0.15, 0.2) is 0 Å². The number of carbonyl (C=O) groups is 2. The van der Waals surface area contributed by atoms with Crippen molar-refractivity contribution in [3.63, 3.8) is 0 Å². The molecule has 2 aromatic rings. The van der Waals surface area contributed by atoms with Gasteiger partial charge in [-0.15, -0.1) is 10.2 Å². The molecule has 0 bridgehead atoms. The van der Waals surface area contributed by atoms with Gasteiger partial charge in [-0.3, -0.25) is 0 Å². The summed E-state index contributed by atoms with van der Waals surface area (Å²) < 4.78 is 16.0. The topological polar surface area (TPSA) is 86.6 Å². The van der Waals surface area contributed by atoms with E-state index >= 15 is 0 Å². The molecular formula is C24H22N2O5. The Morgan fingerprint density at radius 2 is 1.48 bits per heavy atom. The smallest absolute Gasteiger partial charge is 0.343 e. The van der Waals surface area contributed by atoms with Crippen LogP contribution in [0.4, 0.5) is 0 Å². The number of nitrogens with zero attached hydrogens (tertiary/aromatic N) is 2. The quantitative estimate of drug-likeness (QED) is 0.503. The first-order valence-electron chi connectivity index (χ1n) is 9.84. The Bertz CT molecular complexity index is 1050. The van der Waals surface area contributed by atoms with Crippen LogP contribution in [-0.2, 0) is 23.8 Å². The Kier molecular flexibility index (Phi) is 7.48. The van der Waals surface area contributed by atoms with Gasteiger partial charge in [-0.1, -0.05) is 60.7 Å². The summed E-state index contributed by atoms with van der Waals surface area (Å²) in [6.07, 6.45) is 2.74. The molecule has 31 heavy (non-hydrogen) atoms. The van der Waals surface area contributed by atoms with Gasteiger partial charge in [0, 0.05) is 23.3 Å². The lowest BCUT2D eigenvalue weighted by molar-refractivity contribution is -0.140. The molecule has 0 saturated carbocycles. The predicted octanol–water partition coefficient (Wildman–Crippen LogP) is 3.91. The highest BCUT2D eigenvalue weighted by molar-refractivity contribution is 6.22. The molecule has 7 heteroatoms. The minimum Gasteiger partial charge on any atom is -0.463 e. The molecule has 1 heterocycles. The van der Waals surface area contributed by atoms with Crippen molar-refractivity contribution in [1.82, 2.24) is 0 Å². The van der Waals surface area contributed by atoms with E-state index in [0.717, 1.165) is 17.2 Å². The lowest BCUT2D eigenvalue weighted by atomic mass is 10.1. The molecule has 3 rings (SSSR count). The Morgan fingerprint density at radius 1 is 0.871 bits per heavy atom. The third kappa shape index (κ3) is 5.76. The van der Waals surface area contributed by atoms with Crippen molar-refractivity contribution in [3.8, 4) is 0 Å². The molecule has 7 nitrogen and oxygen atoms in total. The number of rotatable bonds is 7. The van der Waals surface area contributed by atoms with E-state index < -0.39 is 11.9 Å². The molecular weight excluding hydrogens is 396 g/mol. The van der Waals surface area contributed by atoms with Crippen molar-refractivity contribution in [2.75, 3.05) is 13.2 Å². The summed E-state index contributed by atoms with van der Waals surface area (Å²) in [6, 6.07) is 18.8. The van der Waals surface area contributed by atoms with E-state index in [-0.39, 0.29) is 24.7 Å². The highest BCUT2D eigenvalue weighted by Gasteiger charge is 2.25. The van der Waals surface area contributed by atoms with E-state index in [2.05, 4.69) is 10.2 Å². The molecule has 0 saturated heterocycles. The second kappa shape index (κ2) is 10.7. The number of ether oxygens (including phenoxy) is 3. The summed E-state index contributed by atoms with van der Waals surface area (Å²) in [5.74, 6) is -1.22. The molecule has 0 aromatic heterocycles. The first-order chi connectivity index (χ1) is 15.1. The average Bonchev–Trinajstić information content (AvgIpc) is 3.02. The monoisotopic (exact) mass is 418 g/mol. The van der Waals surface area contributed by atoms with Crippen LogP contribution in [0.5, 0.6) is 0 Å². The molecule has 0 atom stereocenters. The summed E-state index contributed by atoms with van der Waals surface area (Å²) in [5.41, 5.74) is 1.92. The molecule has 2 aromatic carbocycles. The number of allylic oxidation sites excluding steroid dienone is 1.